The number of carboxylic acid groups (broad SMARTS) is 2. The molecular weight excluding hydrogens is 310 g/mol. The van der Waals surface area contributed by atoms with Crippen molar-refractivity contribution in [3.8, 4) is 0 Å². The van der Waals surface area contributed by atoms with Crippen molar-refractivity contribution in [2.24, 2.45) is 5.92 Å². The number of rotatable bonds is 4. The van der Waals surface area contributed by atoms with Gasteiger partial charge >= 0.3 is 0 Å². The van der Waals surface area contributed by atoms with E-state index in [0.29, 0.717) is 5.56 Å². The van der Waals surface area contributed by atoms with E-state index in [2.05, 4.69) is 0 Å². The lowest BCUT2D eigenvalue weighted by atomic mass is 9.99. The minimum Gasteiger partial charge on any atom is -0.550 e. The minimum atomic E-state index is -3.87. The van der Waals surface area contributed by atoms with E-state index >= 15 is 0 Å². The third-order valence-electron chi connectivity index (χ3n) is 3.83. The van der Waals surface area contributed by atoms with Crippen LogP contribution in [0.25, 0.3) is 0 Å². The Kier molecular flexibility index (Phi) is 4.52. The quantitative estimate of drug-likeness (QED) is 0.665. The maximum atomic E-state index is 12.6. The predicted octanol–water partition coefficient (Wildman–Crippen LogP) is -1.49. The largest absolute Gasteiger partial charge is 0.550 e. The number of hydrogen-bond acceptors (Lipinski definition) is 6. The fraction of sp³-hybridized carbons (Fsp3) is 0.429. The fourth-order valence-corrected chi connectivity index (χ4v) is 4.20. The molecule has 0 unspecified atom stereocenters. The number of carboxylic acids is 2. The molecule has 22 heavy (non-hydrogen) atoms. The molecule has 1 aromatic rings. The highest BCUT2D eigenvalue weighted by atomic mass is 32.2. The van der Waals surface area contributed by atoms with Crippen molar-refractivity contribution in [1.82, 2.24) is 4.31 Å². The highest BCUT2D eigenvalue weighted by Crippen LogP contribution is 2.26. The lowest BCUT2D eigenvalue weighted by molar-refractivity contribution is -0.312. The van der Waals surface area contributed by atoms with Crippen LogP contribution < -0.4 is 10.2 Å². The number of nitrogens with zero attached hydrogens (tertiary/aromatic N) is 1. The lowest BCUT2D eigenvalue weighted by Gasteiger charge is -2.32. The number of sulfonamides is 1. The number of piperidine rings is 1. The highest BCUT2D eigenvalue weighted by molar-refractivity contribution is 7.89. The number of aryl methyl sites for hydroxylation is 1. The Morgan fingerprint density at radius 3 is 2.27 bits per heavy atom. The van der Waals surface area contributed by atoms with Gasteiger partial charge in [0.2, 0.25) is 10.0 Å². The second-order valence-electron chi connectivity index (χ2n) is 5.27. The van der Waals surface area contributed by atoms with Gasteiger partial charge in [-0.05, 0) is 37.0 Å². The molecule has 120 valence electrons. The first-order valence-corrected chi connectivity index (χ1v) is 8.20. The van der Waals surface area contributed by atoms with Gasteiger partial charge in [0.1, 0.15) is 0 Å². The zero-order chi connectivity index (χ0) is 16.5. The zero-order valence-corrected chi connectivity index (χ0v) is 12.8. The number of benzene rings is 1. The van der Waals surface area contributed by atoms with Crippen LogP contribution in [-0.4, -0.2) is 37.8 Å². The summed E-state index contributed by atoms with van der Waals surface area (Å²) in [7, 11) is -3.87. The SMILES string of the molecule is Cc1ccc(C(=O)[O-])cc1S(=O)(=O)N1CCC(C(=O)[O-])CC1. The molecule has 0 N–H and O–H groups in total. The van der Waals surface area contributed by atoms with Crippen molar-refractivity contribution in [2.75, 3.05) is 13.1 Å². The summed E-state index contributed by atoms with van der Waals surface area (Å²) in [5, 5.41) is 21.7. The predicted molar refractivity (Wildman–Crippen MR) is 72.0 cm³/mol. The Balaban J connectivity index is 2.30. The number of carbonyl (C=O) groups excluding carboxylic acids is 2. The summed E-state index contributed by atoms with van der Waals surface area (Å²) in [6, 6.07) is 3.77. The molecule has 0 amide bonds. The molecular formula is C14H15NO6S-2. The maximum absolute atomic E-state index is 12.6. The van der Waals surface area contributed by atoms with Gasteiger partial charge in [-0.25, -0.2) is 8.42 Å². The van der Waals surface area contributed by atoms with Crippen molar-refractivity contribution < 1.29 is 28.2 Å². The van der Waals surface area contributed by atoms with Crippen LogP contribution in [0, 0.1) is 12.8 Å². The Morgan fingerprint density at radius 2 is 1.77 bits per heavy atom. The lowest BCUT2D eigenvalue weighted by Crippen LogP contribution is -2.43. The van der Waals surface area contributed by atoms with E-state index in [1.54, 1.807) is 6.92 Å². The molecule has 1 fully saturated rings. The first-order valence-electron chi connectivity index (χ1n) is 6.76. The summed E-state index contributed by atoms with van der Waals surface area (Å²) in [5.74, 6) is -3.28. The van der Waals surface area contributed by atoms with Crippen LogP contribution in [0.4, 0.5) is 0 Å². The standard InChI is InChI=1S/C14H17NO6S/c1-9-2-3-11(14(18)19)8-12(9)22(20,21)15-6-4-10(5-7-15)13(16)17/h2-3,8,10H,4-7H2,1H3,(H,16,17)(H,18,19)/p-2. The molecule has 0 spiro atoms. The summed E-state index contributed by atoms with van der Waals surface area (Å²) in [4.78, 5) is 21.6. The third kappa shape index (κ3) is 3.12. The van der Waals surface area contributed by atoms with Crippen LogP contribution in [0.15, 0.2) is 23.1 Å². The number of hydrogen-bond donors (Lipinski definition) is 0. The van der Waals surface area contributed by atoms with Gasteiger partial charge in [-0.15, -0.1) is 0 Å². The van der Waals surface area contributed by atoms with E-state index < -0.39 is 27.9 Å². The molecule has 0 bridgehead atoms. The second kappa shape index (κ2) is 6.05. The minimum absolute atomic E-state index is 0.0654. The Morgan fingerprint density at radius 1 is 1.18 bits per heavy atom. The van der Waals surface area contributed by atoms with Gasteiger partial charge in [0.15, 0.2) is 0 Å². The molecule has 2 rings (SSSR count). The average molecular weight is 325 g/mol. The van der Waals surface area contributed by atoms with Gasteiger partial charge in [0, 0.05) is 25.0 Å². The van der Waals surface area contributed by atoms with Crippen LogP contribution in [0.5, 0.6) is 0 Å². The van der Waals surface area contributed by atoms with Crippen molar-refractivity contribution >= 4 is 22.0 Å². The van der Waals surface area contributed by atoms with E-state index in [1.807, 2.05) is 0 Å². The first-order chi connectivity index (χ1) is 10.2. The van der Waals surface area contributed by atoms with Crippen molar-refractivity contribution in [1.29, 1.82) is 0 Å². The molecule has 0 atom stereocenters. The van der Waals surface area contributed by atoms with Crippen LogP contribution in [0.3, 0.4) is 0 Å². The molecule has 7 nitrogen and oxygen atoms in total. The number of carbonyl (C=O) groups is 2. The molecule has 8 heteroatoms. The van der Waals surface area contributed by atoms with E-state index in [1.165, 1.54) is 16.4 Å². The molecule has 1 aliphatic heterocycles. The van der Waals surface area contributed by atoms with Gasteiger partial charge in [-0.1, -0.05) is 12.1 Å². The van der Waals surface area contributed by atoms with E-state index in [0.717, 1.165) is 6.07 Å². The molecule has 0 aromatic heterocycles. The molecule has 1 aromatic carbocycles. The van der Waals surface area contributed by atoms with Crippen LogP contribution in [0.1, 0.15) is 28.8 Å². The summed E-state index contributed by atoms with van der Waals surface area (Å²) < 4.78 is 26.4. The first kappa shape index (κ1) is 16.4. The Hall–Kier alpha value is -1.93. The smallest absolute Gasteiger partial charge is 0.243 e. The molecule has 1 heterocycles. The number of aromatic carboxylic acids is 1. The van der Waals surface area contributed by atoms with Crippen LogP contribution in [0.2, 0.25) is 0 Å². The monoisotopic (exact) mass is 325 g/mol. The van der Waals surface area contributed by atoms with Crippen molar-refractivity contribution in [2.45, 2.75) is 24.7 Å². The van der Waals surface area contributed by atoms with Gasteiger partial charge in [0.25, 0.3) is 0 Å². The Bertz CT molecular complexity index is 704. The molecule has 0 saturated carbocycles. The Labute approximate surface area is 128 Å². The normalized spacial score (nSPS) is 17.3. The van der Waals surface area contributed by atoms with E-state index in [9.17, 15) is 28.2 Å². The summed E-state index contributed by atoms with van der Waals surface area (Å²) in [6.45, 7) is 1.70. The second-order valence-corrected chi connectivity index (χ2v) is 7.17. The van der Waals surface area contributed by atoms with Gasteiger partial charge in [-0.2, -0.15) is 4.31 Å². The van der Waals surface area contributed by atoms with Gasteiger partial charge < -0.3 is 19.8 Å². The van der Waals surface area contributed by atoms with Gasteiger partial charge in [0.05, 0.1) is 10.9 Å². The summed E-state index contributed by atoms with van der Waals surface area (Å²) >= 11 is 0. The fourth-order valence-electron chi connectivity index (χ4n) is 2.48. The summed E-state index contributed by atoms with van der Waals surface area (Å²) in [6.07, 6.45) is 0.363. The van der Waals surface area contributed by atoms with Crippen molar-refractivity contribution in [3.05, 3.63) is 29.3 Å². The highest BCUT2D eigenvalue weighted by Gasteiger charge is 2.30. The zero-order valence-electron chi connectivity index (χ0n) is 11.9. The average Bonchev–Trinajstić information content (AvgIpc) is 2.47. The summed E-state index contributed by atoms with van der Waals surface area (Å²) in [5.41, 5.74) is 0.209. The van der Waals surface area contributed by atoms with Gasteiger partial charge in [-0.3, -0.25) is 0 Å². The maximum Gasteiger partial charge on any atom is 0.243 e. The van der Waals surface area contributed by atoms with E-state index in [4.69, 9.17) is 0 Å². The van der Waals surface area contributed by atoms with Crippen LogP contribution >= 0.6 is 0 Å². The molecule has 1 aliphatic rings. The topological polar surface area (TPSA) is 118 Å². The molecule has 0 radical (unpaired) electrons. The molecule has 0 aliphatic carbocycles. The van der Waals surface area contributed by atoms with Crippen molar-refractivity contribution in [3.63, 3.8) is 0 Å². The number of aliphatic carboxylic acids is 1. The molecule has 1 saturated heterocycles. The van der Waals surface area contributed by atoms with Crippen LogP contribution in [-0.2, 0) is 14.8 Å². The van der Waals surface area contributed by atoms with E-state index in [-0.39, 0.29) is 36.4 Å². The third-order valence-corrected chi connectivity index (χ3v) is 5.87.